The van der Waals surface area contributed by atoms with Gasteiger partial charge in [0.15, 0.2) is 0 Å². The van der Waals surface area contributed by atoms with Crippen molar-refractivity contribution in [3.63, 3.8) is 0 Å². The van der Waals surface area contributed by atoms with E-state index in [1.54, 1.807) is 11.3 Å². The van der Waals surface area contributed by atoms with Crippen molar-refractivity contribution >= 4 is 23.0 Å². The molecule has 3 N–H and O–H groups in total. The van der Waals surface area contributed by atoms with E-state index in [2.05, 4.69) is 32.1 Å². The summed E-state index contributed by atoms with van der Waals surface area (Å²) in [4.78, 5) is 8.96. The lowest BCUT2D eigenvalue weighted by Gasteiger charge is -2.11. The first-order valence-corrected chi connectivity index (χ1v) is 7.07. The van der Waals surface area contributed by atoms with Gasteiger partial charge in [0.2, 0.25) is 0 Å². The number of rotatable bonds is 4. The molecule has 0 radical (unpaired) electrons. The summed E-state index contributed by atoms with van der Waals surface area (Å²) in [5.74, 6) is 2.89. The Morgan fingerprint density at radius 3 is 2.94 bits per heavy atom. The van der Waals surface area contributed by atoms with Crippen molar-refractivity contribution in [3.05, 3.63) is 33.8 Å². The summed E-state index contributed by atoms with van der Waals surface area (Å²) >= 11 is 1.70. The van der Waals surface area contributed by atoms with E-state index in [9.17, 15) is 0 Å². The third-order valence-corrected chi connectivity index (χ3v) is 3.92. The molecule has 0 aromatic carbocycles. The van der Waals surface area contributed by atoms with Gasteiger partial charge < -0.3 is 11.1 Å². The van der Waals surface area contributed by atoms with Crippen LogP contribution >= 0.6 is 11.3 Å². The lowest BCUT2D eigenvalue weighted by atomic mass is 10.2. The second kappa shape index (κ2) is 4.57. The lowest BCUT2D eigenvalue weighted by molar-refractivity contribution is 0.917. The van der Waals surface area contributed by atoms with Crippen molar-refractivity contribution in [2.75, 3.05) is 11.1 Å². The lowest BCUT2D eigenvalue weighted by Crippen LogP contribution is -2.09. The van der Waals surface area contributed by atoms with E-state index in [4.69, 9.17) is 5.73 Å². The molecule has 1 aliphatic rings. The van der Waals surface area contributed by atoms with E-state index in [-0.39, 0.29) is 0 Å². The fraction of sp³-hybridized carbons (Fsp3) is 0.385. The van der Waals surface area contributed by atoms with Crippen molar-refractivity contribution in [2.45, 2.75) is 32.2 Å². The summed E-state index contributed by atoms with van der Waals surface area (Å²) in [6, 6.07) is 2.11. The van der Waals surface area contributed by atoms with Crippen LogP contribution in [-0.4, -0.2) is 9.97 Å². The molecule has 94 valence electrons. The number of hydrogen-bond donors (Lipinski definition) is 2. The molecule has 0 spiro atoms. The Morgan fingerprint density at radius 1 is 1.44 bits per heavy atom. The molecule has 3 rings (SSSR count). The smallest absolute Gasteiger partial charge is 0.136 e. The minimum atomic E-state index is 0.523. The van der Waals surface area contributed by atoms with E-state index in [1.807, 2.05) is 6.92 Å². The van der Waals surface area contributed by atoms with E-state index in [0.717, 1.165) is 23.8 Å². The number of nitrogens with zero attached hydrogens (tertiary/aromatic N) is 2. The maximum Gasteiger partial charge on any atom is 0.136 e. The van der Waals surface area contributed by atoms with Crippen LogP contribution in [0.15, 0.2) is 16.8 Å². The summed E-state index contributed by atoms with van der Waals surface area (Å²) in [6.07, 6.45) is 2.37. The standard InChI is InChI=1S/C13H16N4S/c1-8-11(14)16-13(10-2-3-10)17-12(8)15-6-9-4-5-18-7-9/h4-5,7,10H,2-3,6H2,1H3,(H3,14,15,16,17). The molecule has 2 aromatic heterocycles. The summed E-state index contributed by atoms with van der Waals surface area (Å²) in [6.45, 7) is 2.74. The molecule has 5 heteroatoms. The molecule has 0 saturated heterocycles. The second-order valence-electron chi connectivity index (χ2n) is 4.70. The molecule has 1 saturated carbocycles. The molecule has 0 bridgehead atoms. The molecule has 0 aliphatic heterocycles. The van der Waals surface area contributed by atoms with Gasteiger partial charge >= 0.3 is 0 Å². The molecule has 2 aromatic rings. The summed E-state index contributed by atoms with van der Waals surface area (Å²) in [5, 5.41) is 7.57. The maximum absolute atomic E-state index is 5.95. The number of aromatic nitrogens is 2. The quantitative estimate of drug-likeness (QED) is 0.887. The largest absolute Gasteiger partial charge is 0.383 e. The zero-order valence-corrected chi connectivity index (χ0v) is 11.1. The van der Waals surface area contributed by atoms with Gasteiger partial charge in [-0.2, -0.15) is 11.3 Å². The average Bonchev–Trinajstić information content (AvgIpc) is 3.08. The Labute approximate surface area is 110 Å². The molecule has 1 fully saturated rings. The first-order valence-electron chi connectivity index (χ1n) is 6.13. The minimum Gasteiger partial charge on any atom is -0.383 e. The van der Waals surface area contributed by atoms with Crippen LogP contribution < -0.4 is 11.1 Å². The van der Waals surface area contributed by atoms with Gasteiger partial charge in [0.25, 0.3) is 0 Å². The zero-order chi connectivity index (χ0) is 12.5. The Hall–Kier alpha value is -1.62. The summed E-state index contributed by atoms with van der Waals surface area (Å²) in [5.41, 5.74) is 8.15. The van der Waals surface area contributed by atoms with E-state index in [0.29, 0.717) is 11.7 Å². The van der Waals surface area contributed by atoms with Gasteiger partial charge in [-0.1, -0.05) is 0 Å². The molecule has 0 unspecified atom stereocenters. The second-order valence-corrected chi connectivity index (χ2v) is 5.48. The monoisotopic (exact) mass is 260 g/mol. The molecule has 1 aliphatic carbocycles. The van der Waals surface area contributed by atoms with Crippen LogP contribution in [0.4, 0.5) is 11.6 Å². The average molecular weight is 260 g/mol. The molecule has 0 atom stereocenters. The third kappa shape index (κ3) is 2.31. The van der Waals surface area contributed by atoms with Crippen molar-refractivity contribution < 1.29 is 0 Å². The number of nitrogen functional groups attached to an aromatic ring is 1. The van der Waals surface area contributed by atoms with E-state index >= 15 is 0 Å². The predicted molar refractivity (Wildman–Crippen MR) is 74.8 cm³/mol. The fourth-order valence-corrected chi connectivity index (χ4v) is 2.50. The van der Waals surface area contributed by atoms with Crippen molar-refractivity contribution in [2.24, 2.45) is 0 Å². The Morgan fingerprint density at radius 2 is 2.28 bits per heavy atom. The molecule has 0 amide bonds. The molecular formula is C13H16N4S. The van der Waals surface area contributed by atoms with Gasteiger partial charge in [-0.15, -0.1) is 0 Å². The topological polar surface area (TPSA) is 63.8 Å². The summed E-state index contributed by atoms with van der Waals surface area (Å²) < 4.78 is 0. The number of anilines is 2. The van der Waals surface area contributed by atoms with Crippen molar-refractivity contribution in [3.8, 4) is 0 Å². The van der Waals surface area contributed by atoms with Crippen LogP contribution in [-0.2, 0) is 6.54 Å². The van der Waals surface area contributed by atoms with E-state index in [1.165, 1.54) is 18.4 Å². The highest BCUT2D eigenvalue weighted by molar-refractivity contribution is 7.07. The summed E-state index contributed by atoms with van der Waals surface area (Å²) in [7, 11) is 0. The maximum atomic E-state index is 5.95. The molecule has 2 heterocycles. The first kappa shape index (κ1) is 11.5. The van der Waals surface area contributed by atoms with Crippen molar-refractivity contribution in [1.82, 2.24) is 9.97 Å². The van der Waals surface area contributed by atoms with Gasteiger partial charge in [-0.25, -0.2) is 9.97 Å². The number of hydrogen-bond acceptors (Lipinski definition) is 5. The van der Waals surface area contributed by atoms with Crippen molar-refractivity contribution in [1.29, 1.82) is 0 Å². The molecule has 4 nitrogen and oxygen atoms in total. The van der Waals surface area contributed by atoms with Crippen LogP contribution in [0.25, 0.3) is 0 Å². The Balaban J connectivity index is 1.81. The molecule has 18 heavy (non-hydrogen) atoms. The van der Waals surface area contributed by atoms with Gasteiger partial charge in [0.1, 0.15) is 17.5 Å². The van der Waals surface area contributed by atoms with Crippen LogP contribution in [0.5, 0.6) is 0 Å². The normalized spacial score (nSPS) is 14.7. The number of thiophene rings is 1. The SMILES string of the molecule is Cc1c(N)nc(C2CC2)nc1NCc1ccsc1. The van der Waals surface area contributed by atoms with Crippen LogP contribution in [0.1, 0.15) is 35.7 Å². The van der Waals surface area contributed by atoms with Crippen LogP contribution in [0.2, 0.25) is 0 Å². The Kier molecular flexibility index (Phi) is 2.91. The van der Waals surface area contributed by atoms with E-state index < -0.39 is 0 Å². The number of nitrogens with two attached hydrogens (primary N) is 1. The highest BCUT2D eigenvalue weighted by Gasteiger charge is 2.27. The van der Waals surface area contributed by atoms with Gasteiger partial charge in [-0.3, -0.25) is 0 Å². The van der Waals surface area contributed by atoms with Gasteiger partial charge in [-0.05, 0) is 42.2 Å². The third-order valence-electron chi connectivity index (χ3n) is 3.18. The number of nitrogens with one attached hydrogen (secondary N) is 1. The zero-order valence-electron chi connectivity index (χ0n) is 10.3. The van der Waals surface area contributed by atoms with Crippen LogP contribution in [0.3, 0.4) is 0 Å². The van der Waals surface area contributed by atoms with Gasteiger partial charge in [0.05, 0.1) is 0 Å². The molecular weight excluding hydrogens is 244 g/mol. The first-order chi connectivity index (χ1) is 8.74. The minimum absolute atomic E-state index is 0.523. The van der Waals surface area contributed by atoms with Crippen LogP contribution in [0, 0.1) is 6.92 Å². The highest BCUT2D eigenvalue weighted by Crippen LogP contribution is 2.39. The predicted octanol–water partition coefficient (Wildman–Crippen LogP) is 2.92. The fourth-order valence-electron chi connectivity index (χ4n) is 1.83. The van der Waals surface area contributed by atoms with Gasteiger partial charge in [0, 0.05) is 18.0 Å². The Bertz CT molecular complexity index is 546. The highest BCUT2D eigenvalue weighted by atomic mass is 32.1.